The van der Waals surface area contributed by atoms with Crippen LogP contribution in [0.15, 0.2) is 29.2 Å². The van der Waals surface area contributed by atoms with E-state index in [9.17, 15) is 9.59 Å². The topological polar surface area (TPSA) is 81.4 Å². The van der Waals surface area contributed by atoms with Crippen molar-refractivity contribution in [1.82, 2.24) is 4.90 Å². The van der Waals surface area contributed by atoms with Crippen LogP contribution in [0, 0.1) is 17.2 Å². The Morgan fingerprint density at radius 3 is 2.90 bits per heavy atom. The number of nitriles is 1. The van der Waals surface area contributed by atoms with Gasteiger partial charge in [-0.1, -0.05) is 12.1 Å². The fourth-order valence-corrected chi connectivity index (χ4v) is 3.19. The van der Waals surface area contributed by atoms with Gasteiger partial charge >= 0.3 is 5.97 Å². The number of nitrogens with zero attached hydrogens (tertiary/aromatic N) is 2. The third-order valence-corrected chi connectivity index (χ3v) is 4.39. The van der Waals surface area contributed by atoms with Gasteiger partial charge in [-0.25, -0.2) is 0 Å². The second kappa shape index (κ2) is 7.14. The Morgan fingerprint density at radius 2 is 2.19 bits per heavy atom. The van der Waals surface area contributed by atoms with E-state index in [0.717, 1.165) is 11.3 Å². The lowest BCUT2D eigenvalue weighted by molar-refractivity contribution is -0.138. The number of carbonyl (C=O) groups excluding carboxylic acids is 1. The van der Waals surface area contributed by atoms with Crippen LogP contribution >= 0.6 is 11.8 Å². The zero-order valence-electron chi connectivity index (χ0n) is 11.5. The predicted molar refractivity (Wildman–Crippen MR) is 79.0 cm³/mol. The number of amides is 1. The summed E-state index contributed by atoms with van der Waals surface area (Å²) in [7, 11) is 0. The molecule has 0 bridgehead atoms. The van der Waals surface area contributed by atoms with Crippen molar-refractivity contribution in [3.63, 3.8) is 0 Å². The molecule has 1 aliphatic heterocycles. The molecule has 6 heteroatoms. The minimum Gasteiger partial charge on any atom is -0.481 e. The molecule has 0 saturated carbocycles. The molecule has 0 aliphatic carbocycles. The highest BCUT2D eigenvalue weighted by Crippen LogP contribution is 2.26. The largest absolute Gasteiger partial charge is 0.481 e. The van der Waals surface area contributed by atoms with Gasteiger partial charge in [0.1, 0.15) is 0 Å². The summed E-state index contributed by atoms with van der Waals surface area (Å²) in [5.41, 5.74) is 0.591. The highest BCUT2D eigenvalue weighted by molar-refractivity contribution is 7.99. The van der Waals surface area contributed by atoms with Gasteiger partial charge in [0, 0.05) is 24.4 Å². The predicted octanol–water partition coefficient (Wildman–Crippen LogP) is 2.24. The molecule has 0 aromatic heterocycles. The van der Waals surface area contributed by atoms with Crippen LogP contribution in [0.3, 0.4) is 0 Å². The summed E-state index contributed by atoms with van der Waals surface area (Å²) < 4.78 is 0. The van der Waals surface area contributed by atoms with Gasteiger partial charge < -0.3 is 10.0 Å². The van der Waals surface area contributed by atoms with E-state index in [1.807, 2.05) is 12.1 Å². The Morgan fingerprint density at radius 1 is 1.43 bits per heavy atom. The average molecular weight is 304 g/mol. The van der Waals surface area contributed by atoms with Crippen LogP contribution in [0.4, 0.5) is 0 Å². The van der Waals surface area contributed by atoms with Crippen LogP contribution in [0.2, 0.25) is 0 Å². The first-order chi connectivity index (χ1) is 10.1. The van der Waals surface area contributed by atoms with Crippen LogP contribution in [0.1, 0.15) is 23.2 Å². The number of thioether (sulfide) groups is 1. The summed E-state index contributed by atoms with van der Waals surface area (Å²) in [6.07, 6.45) is 0.833. The van der Waals surface area contributed by atoms with Crippen molar-refractivity contribution in [1.29, 1.82) is 5.26 Å². The fourth-order valence-electron chi connectivity index (χ4n) is 2.48. The normalized spacial score (nSPS) is 17.5. The molecule has 0 spiro atoms. The quantitative estimate of drug-likeness (QED) is 0.844. The molecule has 2 rings (SSSR count). The minimum absolute atomic E-state index is 0.0328. The maximum absolute atomic E-state index is 12.5. The summed E-state index contributed by atoms with van der Waals surface area (Å²) >= 11 is 1.34. The number of carboxylic acid groups (broad SMARTS) is 1. The molecule has 1 aliphatic rings. The first kappa shape index (κ1) is 15.4. The minimum atomic E-state index is -0.820. The number of benzene rings is 1. The average Bonchev–Trinajstić information content (AvgIpc) is 2.92. The monoisotopic (exact) mass is 304 g/mol. The van der Waals surface area contributed by atoms with Crippen LogP contribution in [-0.4, -0.2) is 40.7 Å². The molecule has 21 heavy (non-hydrogen) atoms. The van der Waals surface area contributed by atoms with Crippen molar-refractivity contribution in [2.24, 2.45) is 5.92 Å². The summed E-state index contributed by atoms with van der Waals surface area (Å²) in [4.78, 5) is 25.8. The number of hydrogen-bond donors (Lipinski definition) is 1. The Kier molecular flexibility index (Phi) is 5.23. The van der Waals surface area contributed by atoms with Gasteiger partial charge in [-0.15, -0.1) is 11.8 Å². The zero-order valence-corrected chi connectivity index (χ0v) is 12.3. The molecule has 1 unspecified atom stereocenters. The molecule has 1 amide bonds. The van der Waals surface area contributed by atoms with Gasteiger partial charge in [-0.2, -0.15) is 5.26 Å². The van der Waals surface area contributed by atoms with E-state index >= 15 is 0 Å². The molecule has 1 saturated heterocycles. The van der Waals surface area contributed by atoms with E-state index in [1.165, 1.54) is 11.8 Å². The molecule has 1 heterocycles. The molecule has 1 fully saturated rings. The van der Waals surface area contributed by atoms with E-state index in [1.54, 1.807) is 17.0 Å². The Bertz CT molecular complexity index is 583. The molecule has 1 atom stereocenters. The van der Waals surface area contributed by atoms with E-state index in [0.29, 0.717) is 24.4 Å². The molecule has 1 N–H and O–H groups in total. The van der Waals surface area contributed by atoms with Gasteiger partial charge in [-0.3, -0.25) is 9.59 Å². The standard InChI is InChI=1S/C15H16N2O3S/c16-6-8-21-13-4-2-1-3-12(13)15(20)17-7-5-11(10-17)9-14(18)19/h1-4,11H,5,7-10H2,(H,18,19). The lowest BCUT2D eigenvalue weighted by Gasteiger charge is -2.18. The Hall–Kier alpha value is -2.00. The van der Waals surface area contributed by atoms with Gasteiger partial charge in [0.2, 0.25) is 0 Å². The van der Waals surface area contributed by atoms with Gasteiger partial charge in [-0.05, 0) is 24.5 Å². The van der Waals surface area contributed by atoms with Crippen LogP contribution in [0.25, 0.3) is 0 Å². The number of likely N-dealkylation sites (tertiary alicyclic amines) is 1. The number of rotatable bonds is 5. The maximum atomic E-state index is 12.5. The van der Waals surface area contributed by atoms with Crippen molar-refractivity contribution in [3.05, 3.63) is 29.8 Å². The first-order valence-corrected chi connectivity index (χ1v) is 7.70. The summed E-state index contributed by atoms with van der Waals surface area (Å²) in [6.45, 7) is 1.08. The lowest BCUT2D eigenvalue weighted by atomic mass is 10.1. The summed E-state index contributed by atoms with van der Waals surface area (Å²) in [5, 5.41) is 17.5. The van der Waals surface area contributed by atoms with Gasteiger partial charge in [0.15, 0.2) is 0 Å². The van der Waals surface area contributed by atoms with Crippen LogP contribution in [-0.2, 0) is 4.79 Å². The fraction of sp³-hybridized carbons (Fsp3) is 0.400. The molecular weight excluding hydrogens is 288 g/mol. The van der Waals surface area contributed by atoms with Gasteiger partial charge in [0.25, 0.3) is 5.91 Å². The van der Waals surface area contributed by atoms with Crippen LogP contribution < -0.4 is 0 Å². The lowest BCUT2D eigenvalue weighted by Crippen LogP contribution is -2.29. The molecule has 1 aromatic carbocycles. The van der Waals surface area contributed by atoms with E-state index in [2.05, 4.69) is 6.07 Å². The first-order valence-electron chi connectivity index (χ1n) is 6.71. The third kappa shape index (κ3) is 3.99. The number of carboxylic acids is 1. The van der Waals surface area contributed by atoms with Crippen molar-refractivity contribution in [2.45, 2.75) is 17.7 Å². The van der Waals surface area contributed by atoms with E-state index < -0.39 is 5.97 Å². The molecule has 0 radical (unpaired) electrons. The third-order valence-electron chi connectivity index (χ3n) is 3.45. The van der Waals surface area contributed by atoms with Crippen LogP contribution in [0.5, 0.6) is 0 Å². The molecule has 5 nitrogen and oxygen atoms in total. The summed E-state index contributed by atoms with van der Waals surface area (Å²) in [5.74, 6) is -0.570. The SMILES string of the molecule is N#CCSc1ccccc1C(=O)N1CCC(CC(=O)O)C1. The zero-order chi connectivity index (χ0) is 15.2. The number of carbonyl (C=O) groups is 2. The van der Waals surface area contributed by atoms with E-state index in [-0.39, 0.29) is 18.2 Å². The van der Waals surface area contributed by atoms with Crippen molar-refractivity contribution < 1.29 is 14.7 Å². The van der Waals surface area contributed by atoms with E-state index in [4.69, 9.17) is 10.4 Å². The number of aliphatic carboxylic acids is 1. The maximum Gasteiger partial charge on any atom is 0.303 e. The van der Waals surface area contributed by atoms with Crippen molar-refractivity contribution in [2.75, 3.05) is 18.8 Å². The Labute approximate surface area is 127 Å². The molecule has 1 aromatic rings. The summed E-state index contributed by atoms with van der Waals surface area (Å²) in [6, 6.07) is 9.28. The number of hydrogen-bond acceptors (Lipinski definition) is 4. The molecule has 110 valence electrons. The highest BCUT2D eigenvalue weighted by Gasteiger charge is 2.29. The second-order valence-electron chi connectivity index (χ2n) is 4.95. The van der Waals surface area contributed by atoms with Gasteiger partial charge in [0.05, 0.1) is 17.4 Å². The second-order valence-corrected chi connectivity index (χ2v) is 5.96. The molecular formula is C15H16N2O3S. The van der Waals surface area contributed by atoms with Crippen molar-refractivity contribution in [3.8, 4) is 6.07 Å². The Balaban J connectivity index is 2.07. The highest BCUT2D eigenvalue weighted by atomic mass is 32.2. The van der Waals surface area contributed by atoms with Crippen molar-refractivity contribution >= 4 is 23.6 Å². The smallest absolute Gasteiger partial charge is 0.303 e.